The van der Waals surface area contributed by atoms with E-state index in [1.165, 1.54) is 0 Å². The third-order valence-electron chi connectivity index (χ3n) is 3.84. The van der Waals surface area contributed by atoms with Gasteiger partial charge in [-0.3, -0.25) is 4.79 Å². The van der Waals surface area contributed by atoms with Crippen molar-refractivity contribution < 1.29 is 4.79 Å². The Morgan fingerprint density at radius 2 is 2.37 bits per heavy atom. The van der Waals surface area contributed by atoms with Crippen LogP contribution in [0.5, 0.6) is 0 Å². The van der Waals surface area contributed by atoms with Crippen LogP contribution < -0.4 is 11.1 Å². The van der Waals surface area contributed by atoms with Crippen molar-refractivity contribution in [3.63, 3.8) is 0 Å². The van der Waals surface area contributed by atoms with E-state index in [-0.39, 0.29) is 23.9 Å². The van der Waals surface area contributed by atoms with Gasteiger partial charge >= 0.3 is 0 Å². The molecule has 3 N–H and O–H groups in total. The van der Waals surface area contributed by atoms with Gasteiger partial charge in [0.15, 0.2) is 5.82 Å². The van der Waals surface area contributed by atoms with Gasteiger partial charge in [0.25, 0.3) is 0 Å². The summed E-state index contributed by atoms with van der Waals surface area (Å²) in [5, 5.41) is 11.4. The van der Waals surface area contributed by atoms with Crippen LogP contribution in [0, 0.1) is 5.92 Å². The van der Waals surface area contributed by atoms with Crippen molar-refractivity contribution in [2.24, 2.45) is 11.7 Å². The number of nitrogens with one attached hydrogen (secondary N) is 1. The minimum atomic E-state index is -0.114. The lowest BCUT2D eigenvalue weighted by Crippen LogP contribution is -2.33. The number of fused-ring (bicyclic) bond motifs is 1. The molecule has 3 atom stereocenters. The molecular formula is C13H19N5O. The van der Waals surface area contributed by atoms with E-state index in [1.807, 2.05) is 19.1 Å². The second kappa shape index (κ2) is 4.77. The molecule has 0 fully saturated rings. The van der Waals surface area contributed by atoms with Crippen LogP contribution in [0.25, 0.3) is 0 Å². The van der Waals surface area contributed by atoms with Gasteiger partial charge in [0, 0.05) is 19.0 Å². The van der Waals surface area contributed by atoms with E-state index in [4.69, 9.17) is 5.73 Å². The first-order valence-corrected chi connectivity index (χ1v) is 6.81. The average Bonchev–Trinajstić information content (AvgIpc) is 3.02. The van der Waals surface area contributed by atoms with E-state index in [1.54, 1.807) is 0 Å². The zero-order valence-electron chi connectivity index (χ0n) is 11.0. The van der Waals surface area contributed by atoms with Crippen LogP contribution in [0.4, 0.5) is 0 Å². The molecule has 1 aromatic heterocycles. The van der Waals surface area contributed by atoms with Crippen molar-refractivity contribution >= 4 is 5.91 Å². The van der Waals surface area contributed by atoms with Gasteiger partial charge in [-0.1, -0.05) is 12.2 Å². The minimum absolute atomic E-state index is 0.00314. The Morgan fingerprint density at radius 1 is 1.53 bits per heavy atom. The molecular weight excluding hydrogens is 242 g/mol. The van der Waals surface area contributed by atoms with Crippen LogP contribution in [0.1, 0.15) is 37.5 Å². The zero-order valence-corrected chi connectivity index (χ0v) is 11.0. The Bertz CT molecular complexity index is 521. The fourth-order valence-electron chi connectivity index (χ4n) is 2.80. The van der Waals surface area contributed by atoms with Crippen LogP contribution in [-0.4, -0.2) is 26.7 Å². The number of amides is 1. The van der Waals surface area contributed by atoms with E-state index in [9.17, 15) is 4.79 Å². The summed E-state index contributed by atoms with van der Waals surface area (Å²) in [4.78, 5) is 12.1. The van der Waals surface area contributed by atoms with Crippen molar-refractivity contribution in [1.29, 1.82) is 0 Å². The normalized spacial score (nSPS) is 26.4. The van der Waals surface area contributed by atoms with Gasteiger partial charge < -0.3 is 15.6 Å². The second-order valence-corrected chi connectivity index (χ2v) is 5.35. The van der Waals surface area contributed by atoms with Crippen molar-refractivity contribution in [3.8, 4) is 0 Å². The van der Waals surface area contributed by atoms with E-state index in [2.05, 4.69) is 20.1 Å². The minimum Gasteiger partial charge on any atom is -0.346 e. The molecule has 3 unspecified atom stereocenters. The summed E-state index contributed by atoms with van der Waals surface area (Å²) in [5.74, 6) is 1.79. The molecule has 0 radical (unpaired) electrons. The van der Waals surface area contributed by atoms with Crippen molar-refractivity contribution in [2.75, 3.05) is 0 Å². The van der Waals surface area contributed by atoms with Crippen molar-refractivity contribution in [1.82, 2.24) is 20.1 Å². The highest BCUT2D eigenvalue weighted by atomic mass is 16.1. The summed E-state index contributed by atoms with van der Waals surface area (Å²) in [6.07, 6.45) is 6.56. The number of carbonyl (C=O) groups is 1. The zero-order chi connectivity index (χ0) is 13.4. The van der Waals surface area contributed by atoms with Gasteiger partial charge in [0.2, 0.25) is 5.91 Å². The van der Waals surface area contributed by atoms with E-state index >= 15 is 0 Å². The van der Waals surface area contributed by atoms with Crippen LogP contribution in [0.2, 0.25) is 0 Å². The molecule has 0 bridgehead atoms. The average molecular weight is 261 g/mol. The monoisotopic (exact) mass is 261 g/mol. The van der Waals surface area contributed by atoms with Gasteiger partial charge in [-0.15, -0.1) is 10.2 Å². The highest BCUT2D eigenvalue weighted by molar-refractivity contribution is 5.81. The number of aromatic nitrogens is 3. The maximum atomic E-state index is 12.1. The number of carbonyl (C=O) groups excluding carboxylic acids is 1. The standard InChI is InChI=1S/C13H19N5O/c1-8(12-17-16-11-3-2-6-18(11)12)15-13(19)9-4-5-10(14)7-9/h4-5,8-10H,2-3,6-7,14H2,1H3,(H,15,19). The fraction of sp³-hybridized carbons (Fsp3) is 0.615. The molecule has 102 valence electrons. The van der Waals surface area contributed by atoms with Crippen LogP contribution >= 0.6 is 0 Å². The molecule has 1 aliphatic carbocycles. The molecule has 0 saturated carbocycles. The number of rotatable bonds is 3. The van der Waals surface area contributed by atoms with Gasteiger partial charge in [-0.05, 0) is 19.8 Å². The largest absolute Gasteiger partial charge is 0.346 e. The summed E-state index contributed by atoms with van der Waals surface area (Å²) in [5.41, 5.74) is 5.77. The molecule has 1 aromatic rings. The smallest absolute Gasteiger partial charge is 0.227 e. The molecule has 2 heterocycles. The van der Waals surface area contributed by atoms with E-state index in [0.29, 0.717) is 6.42 Å². The highest BCUT2D eigenvalue weighted by Crippen LogP contribution is 2.21. The SMILES string of the molecule is CC(NC(=O)C1C=CC(N)C1)c1nnc2n1CCC2. The van der Waals surface area contributed by atoms with E-state index in [0.717, 1.165) is 31.0 Å². The number of nitrogens with two attached hydrogens (primary N) is 1. The molecule has 1 aliphatic heterocycles. The highest BCUT2D eigenvalue weighted by Gasteiger charge is 2.26. The molecule has 6 heteroatoms. The first-order valence-electron chi connectivity index (χ1n) is 6.81. The second-order valence-electron chi connectivity index (χ2n) is 5.35. The quantitative estimate of drug-likeness (QED) is 0.766. The van der Waals surface area contributed by atoms with Gasteiger partial charge in [-0.2, -0.15) is 0 Å². The first kappa shape index (κ1) is 12.3. The van der Waals surface area contributed by atoms with Gasteiger partial charge in [0.05, 0.1) is 12.0 Å². The Balaban J connectivity index is 1.66. The Hall–Kier alpha value is -1.69. The lowest BCUT2D eigenvalue weighted by atomic mass is 10.1. The molecule has 19 heavy (non-hydrogen) atoms. The first-order chi connectivity index (χ1) is 9.15. The number of hydrogen-bond acceptors (Lipinski definition) is 4. The Labute approximate surface area is 112 Å². The number of aryl methyl sites for hydroxylation is 1. The molecule has 0 aromatic carbocycles. The predicted molar refractivity (Wildman–Crippen MR) is 70.1 cm³/mol. The van der Waals surface area contributed by atoms with Gasteiger partial charge in [0.1, 0.15) is 5.82 Å². The summed E-state index contributed by atoms with van der Waals surface area (Å²) < 4.78 is 2.11. The van der Waals surface area contributed by atoms with Crippen LogP contribution in [-0.2, 0) is 17.8 Å². The van der Waals surface area contributed by atoms with Gasteiger partial charge in [-0.25, -0.2) is 0 Å². The fourth-order valence-corrected chi connectivity index (χ4v) is 2.80. The topological polar surface area (TPSA) is 85.8 Å². The van der Waals surface area contributed by atoms with E-state index < -0.39 is 0 Å². The Kier molecular flexibility index (Phi) is 3.10. The van der Waals surface area contributed by atoms with Crippen LogP contribution in [0.15, 0.2) is 12.2 Å². The summed E-state index contributed by atoms with van der Waals surface area (Å²) in [6.45, 7) is 2.90. The lowest BCUT2D eigenvalue weighted by Gasteiger charge is -2.16. The lowest BCUT2D eigenvalue weighted by molar-refractivity contribution is -0.124. The predicted octanol–water partition coefficient (Wildman–Crippen LogP) is 0.305. The Morgan fingerprint density at radius 3 is 3.11 bits per heavy atom. The van der Waals surface area contributed by atoms with Crippen molar-refractivity contribution in [2.45, 2.75) is 44.8 Å². The molecule has 6 nitrogen and oxygen atoms in total. The number of nitrogens with zero attached hydrogens (tertiary/aromatic N) is 3. The third kappa shape index (κ3) is 2.28. The van der Waals surface area contributed by atoms with Crippen LogP contribution in [0.3, 0.4) is 0 Å². The van der Waals surface area contributed by atoms with Crippen molar-refractivity contribution in [3.05, 3.63) is 23.8 Å². The maximum Gasteiger partial charge on any atom is 0.227 e. The summed E-state index contributed by atoms with van der Waals surface area (Å²) in [6, 6.07) is -0.111. The molecule has 3 rings (SSSR count). The molecule has 0 spiro atoms. The third-order valence-corrected chi connectivity index (χ3v) is 3.84. The maximum absolute atomic E-state index is 12.1. The molecule has 0 saturated heterocycles. The summed E-state index contributed by atoms with van der Waals surface area (Å²) >= 11 is 0. The molecule has 1 amide bonds. The summed E-state index contributed by atoms with van der Waals surface area (Å²) in [7, 11) is 0. The molecule has 2 aliphatic rings. The number of hydrogen-bond donors (Lipinski definition) is 2.